The highest BCUT2D eigenvalue weighted by molar-refractivity contribution is 5.79. The molecule has 0 N–H and O–H groups in total. The molecule has 0 bridgehead atoms. The van der Waals surface area contributed by atoms with Gasteiger partial charge < -0.3 is 4.90 Å². The molecule has 1 aromatic rings. The fourth-order valence-corrected chi connectivity index (χ4v) is 1.57. The highest BCUT2D eigenvalue weighted by Crippen LogP contribution is 2.09. The summed E-state index contributed by atoms with van der Waals surface area (Å²) in [5, 5.41) is 0. The lowest BCUT2D eigenvalue weighted by Gasteiger charge is -2.18. The number of nitrogens with zero attached hydrogens (tertiary/aromatic N) is 1. The molecule has 0 aromatic heterocycles. The van der Waals surface area contributed by atoms with Gasteiger partial charge in [-0.25, -0.2) is 0 Å². The monoisotopic (exact) mass is 215 g/mol. The molecule has 0 spiro atoms. The van der Waals surface area contributed by atoms with E-state index in [4.69, 9.17) is 6.42 Å². The van der Waals surface area contributed by atoms with E-state index in [2.05, 4.69) is 5.92 Å². The molecule has 0 radical (unpaired) electrons. The van der Waals surface area contributed by atoms with Crippen LogP contribution in [0.25, 0.3) is 0 Å². The van der Waals surface area contributed by atoms with Crippen molar-refractivity contribution in [2.45, 2.75) is 20.3 Å². The number of rotatable bonds is 4. The molecular weight excluding hydrogens is 198 g/mol. The Hall–Kier alpha value is -1.75. The summed E-state index contributed by atoms with van der Waals surface area (Å²) >= 11 is 0. The summed E-state index contributed by atoms with van der Waals surface area (Å²) < 4.78 is 0. The minimum absolute atomic E-state index is 0.0924. The van der Waals surface area contributed by atoms with Gasteiger partial charge in [0.25, 0.3) is 0 Å². The summed E-state index contributed by atoms with van der Waals surface area (Å²) in [6.07, 6.45) is 5.65. The lowest BCUT2D eigenvalue weighted by molar-refractivity contribution is -0.129. The number of terminal acetylenes is 1. The Balaban J connectivity index is 2.71. The van der Waals surface area contributed by atoms with Crippen LogP contribution >= 0.6 is 0 Å². The fraction of sp³-hybridized carbons (Fsp3) is 0.357. The number of carbonyl (C=O) groups is 1. The second-order valence-electron chi connectivity index (χ2n) is 3.72. The maximum atomic E-state index is 11.9. The maximum absolute atomic E-state index is 11.9. The van der Waals surface area contributed by atoms with E-state index in [1.807, 2.05) is 38.1 Å². The topological polar surface area (TPSA) is 20.3 Å². The molecule has 0 fully saturated rings. The van der Waals surface area contributed by atoms with E-state index >= 15 is 0 Å². The SMILES string of the molecule is C#CCN(CC)C(=O)Cc1ccccc1C. The molecule has 16 heavy (non-hydrogen) atoms. The van der Waals surface area contributed by atoms with Crippen LogP contribution in [0.4, 0.5) is 0 Å². The van der Waals surface area contributed by atoms with Crippen LogP contribution < -0.4 is 0 Å². The van der Waals surface area contributed by atoms with Crippen molar-refractivity contribution in [3.05, 3.63) is 35.4 Å². The summed E-state index contributed by atoms with van der Waals surface area (Å²) in [5.74, 6) is 2.60. The molecule has 0 heterocycles. The van der Waals surface area contributed by atoms with E-state index < -0.39 is 0 Å². The van der Waals surface area contributed by atoms with Crippen LogP contribution in [0.2, 0.25) is 0 Å². The largest absolute Gasteiger partial charge is 0.332 e. The van der Waals surface area contributed by atoms with Crippen molar-refractivity contribution in [2.75, 3.05) is 13.1 Å². The molecule has 2 heteroatoms. The van der Waals surface area contributed by atoms with Gasteiger partial charge in [0, 0.05) is 6.54 Å². The first kappa shape index (κ1) is 12.3. The van der Waals surface area contributed by atoms with Crippen molar-refractivity contribution in [2.24, 2.45) is 0 Å². The molecule has 1 rings (SSSR count). The predicted octanol–water partition coefficient (Wildman–Crippen LogP) is 2.02. The third-order valence-electron chi connectivity index (χ3n) is 2.62. The van der Waals surface area contributed by atoms with Crippen molar-refractivity contribution in [3.8, 4) is 12.3 Å². The zero-order chi connectivity index (χ0) is 12.0. The molecule has 0 aliphatic rings. The summed E-state index contributed by atoms with van der Waals surface area (Å²) in [6.45, 7) is 5.00. The first-order valence-corrected chi connectivity index (χ1v) is 5.44. The average molecular weight is 215 g/mol. The molecule has 0 aliphatic heterocycles. The van der Waals surface area contributed by atoms with Gasteiger partial charge in [-0.3, -0.25) is 4.79 Å². The van der Waals surface area contributed by atoms with E-state index in [0.717, 1.165) is 11.1 Å². The predicted molar refractivity (Wildman–Crippen MR) is 66.0 cm³/mol. The van der Waals surface area contributed by atoms with E-state index in [9.17, 15) is 4.79 Å². The van der Waals surface area contributed by atoms with Crippen molar-refractivity contribution < 1.29 is 4.79 Å². The van der Waals surface area contributed by atoms with Gasteiger partial charge in [0.1, 0.15) is 0 Å². The average Bonchev–Trinajstić information content (AvgIpc) is 2.29. The number of amides is 1. The number of carbonyl (C=O) groups excluding carboxylic acids is 1. The first-order valence-electron chi connectivity index (χ1n) is 5.44. The van der Waals surface area contributed by atoms with Gasteiger partial charge in [-0.05, 0) is 25.0 Å². The minimum atomic E-state index is 0.0924. The Morgan fingerprint density at radius 1 is 1.44 bits per heavy atom. The van der Waals surface area contributed by atoms with E-state index in [1.54, 1.807) is 4.90 Å². The third kappa shape index (κ3) is 3.13. The minimum Gasteiger partial charge on any atom is -0.332 e. The van der Waals surface area contributed by atoms with E-state index in [0.29, 0.717) is 19.5 Å². The molecule has 0 atom stereocenters. The van der Waals surface area contributed by atoms with E-state index in [-0.39, 0.29) is 5.91 Å². The number of likely N-dealkylation sites (N-methyl/N-ethyl adjacent to an activating group) is 1. The van der Waals surface area contributed by atoms with Gasteiger partial charge in [-0.15, -0.1) is 6.42 Å². The summed E-state index contributed by atoms with van der Waals surface area (Å²) in [4.78, 5) is 13.6. The lowest BCUT2D eigenvalue weighted by atomic mass is 10.1. The van der Waals surface area contributed by atoms with Crippen molar-refractivity contribution in [1.82, 2.24) is 4.90 Å². The fourth-order valence-electron chi connectivity index (χ4n) is 1.57. The van der Waals surface area contributed by atoms with Gasteiger partial charge >= 0.3 is 0 Å². The summed E-state index contributed by atoms with van der Waals surface area (Å²) in [5.41, 5.74) is 2.22. The normalized spacial score (nSPS) is 9.56. The summed E-state index contributed by atoms with van der Waals surface area (Å²) in [6, 6.07) is 7.92. The Morgan fingerprint density at radius 2 is 2.12 bits per heavy atom. The molecular formula is C14H17NO. The van der Waals surface area contributed by atoms with Crippen LogP contribution in [0, 0.1) is 19.3 Å². The third-order valence-corrected chi connectivity index (χ3v) is 2.62. The first-order chi connectivity index (χ1) is 7.69. The second kappa shape index (κ2) is 5.97. The van der Waals surface area contributed by atoms with Gasteiger partial charge in [-0.1, -0.05) is 30.2 Å². The number of aryl methyl sites for hydroxylation is 1. The van der Waals surface area contributed by atoms with E-state index in [1.165, 1.54) is 0 Å². The van der Waals surface area contributed by atoms with Crippen LogP contribution in [0.3, 0.4) is 0 Å². The quantitative estimate of drug-likeness (QED) is 0.704. The Labute approximate surface area is 97.3 Å². The number of hydrogen-bond acceptors (Lipinski definition) is 1. The van der Waals surface area contributed by atoms with Crippen LogP contribution in [0.15, 0.2) is 24.3 Å². The van der Waals surface area contributed by atoms with Crippen LogP contribution in [0.5, 0.6) is 0 Å². The molecule has 1 amide bonds. The smallest absolute Gasteiger partial charge is 0.227 e. The Kier molecular flexibility index (Phi) is 4.60. The van der Waals surface area contributed by atoms with Crippen molar-refractivity contribution in [1.29, 1.82) is 0 Å². The Morgan fingerprint density at radius 3 is 2.69 bits per heavy atom. The Bertz CT molecular complexity index is 403. The van der Waals surface area contributed by atoms with Crippen LogP contribution in [0.1, 0.15) is 18.1 Å². The molecule has 0 aliphatic carbocycles. The molecule has 0 unspecified atom stereocenters. The molecule has 0 saturated heterocycles. The lowest BCUT2D eigenvalue weighted by Crippen LogP contribution is -2.32. The molecule has 2 nitrogen and oxygen atoms in total. The van der Waals surface area contributed by atoms with Gasteiger partial charge in [0.15, 0.2) is 0 Å². The zero-order valence-electron chi connectivity index (χ0n) is 9.86. The van der Waals surface area contributed by atoms with Gasteiger partial charge in [-0.2, -0.15) is 0 Å². The second-order valence-corrected chi connectivity index (χ2v) is 3.72. The van der Waals surface area contributed by atoms with Crippen LogP contribution in [-0.4, -0.2) is 23.9 Å². The van der Waals surface area contributed by atoms with Crippen molar-refractivity contribution in [3.63, 3.8) is 0 Å². The molecule has 84 valence electrons. The number of hydrogen-bond donors (Lipinski definition) is 0. The molecule has 0 saturated carbocycles. The maximum Gasteiger partial charge on any atom is 0.227 e. The molecule has 1 aromatic carbocycles. The highest BCUT2D eigenvalue weighted by Gasteiger charge is 2.11. The van der Waals surface area contributed by atoms with Gasteiger partial charge in [0.2, 0.25) is 5.91 Å². The zero-order valence-corrected chi connectivity index (χ0v) is 9.86. The standard InChI is InChI=1S/C14H17NO/c1-4-10-15(5-2)14(16)11-13-9-7-6-8-12(13)3/h1,6-9H,5,10-11H2,2-3H3. The van der Waals surface area contributed by atoms with Crippen LogP contribution in [-0.2, 0) is 11.2 Å². The highest BCUT2D eigenvalue weighted by atomic mass is 16.2. The number of benzene rings is 1. The van der Waals surface area contributed by atoms with Crippen molar-refractivity contribution >= 4 is 5.91 Å². The summed E-state index contributed by atoms with van der Waals surface area (Å²) in [7, 11) is 0. The van der Waals surface area contributed by atoms with Gasteiger partial charge in [0.05, 0.1) is 13.0 Å².